The molecule has 158 valence electrons. The topological polar surface area (TPSA) is 126 Å². The minimum Gasteiger partial charge on any atom is -0.467 e. The Labute approximate surface area is 175 Å². The highest BCUT2D eigenvalue weighted by Crippen LogP contribution is 2.19. The van der Waals surface area contributed by atoms with E-state index in [2.05, 4.69) is 15.3 Å². The van der Waals surface area contributed by atoms with Crippen LogP contribution in [0.4, 0.5) is 0 Å². The number of nitrogens with one attached hydrogen (secondary N) is 3. The van der Waals surface area contributed by atoms with Gasteiger partial charge in [0.15, 0.2) is 0 Å². The summed E-state index contributed by atoms with van der Waals surface area (Å²) in [6.45, 7) is -0.364. The molecule has 9 heteroatoms. The van der Waals surface area contributed by atoms with Crippen LogP contribution in [0.15, 0.2) is 64.3 Å². The van der Waals surface area contributed by atoms with Crippen LogP contribution in [-0.2, 0) is 27.3 Å². The molecule has 0 aliphatic rings. The number of rotatable bonds is 6. The lowest BCUT2D eigenvalue weighted by Gasteiger charge is -2.17. The fourth-order valence-corrected chi connectivity index (χ4v) is 3.64. The van der Waals surface area contributed by atoms with E-state index in [1.165, 1.54) is 7.11 Å². The van der Waals surface area contributed by atoms with Crippen LogP contribution in [0, 0.1) is 0 Å². The van der Waals surface area contributed by atoms with Crippen LogP contribution in [0.1, 0.15) is 5.56 Å². The van der Waals surface area contributed by atoms with Gasteiger partial charge >= 0.3 is 11.7 Å². The van der Waals surface area contributed by atoms with Gasteiger partial charge in [0.1, 0.15) is 12.6 Å². The Bertz CT molecular complexity index is 1400. The zero-order valence-corrected chi connectivity index (χ0v) is 16.7. The highest BCUT2D eigenvalue weighted by atomic mass is 16.5. The van der Waals surface area contributed by atoms with Gasteiger partial charge in [-0.2, -0.15) is 0 Å². The molecule has 0 saturated carbocycles. The van der Waals surface area contributed by atoms with Gasteiger partial charge in [-0.25, -0.2) is 9.59 Å². The van der Waals surface area contributed by atoms with Gasteiger partial charge in [-0.15, -0.1) is 0 Å². The molecular formula is C22H20N4O5. The van der Waals surface area contributed by atoms with Crippen LogP contribution in [0.5, 0.6) is 0 Å². The quantitative estimate of drug-likeness (QED) is 0.402. The number of amides is 1. The van der Waals surface area contributed by atoms with Crippen molar-refractivity contribution < 1.29 is 14.3 Å². The van der Waals surface area contributed by atoms with E-state index < -0.39 is 29.2 Å². The van der Waals surface area contributed by atoms with Gasteiger partial charge in [0, 0.05) is 23.5 Å². The SMILES string of the molecule is COC(=O)[C@H](Cc1c[nH]c2ccccc12)NC(=O)Cn1c(=O)[nH]c(=O)c2ccccc21. The molecule has 0 aliphatic heterocycles. The van der Waals surface area contributed by atoms with E-state index in [0.717, 1.165) is 21.0 Å². The van der Waals surface area contributed by atoms with Crippen LogP contribution in [-0.4, -0.2) is 39.6 Å². The summed E-state index contributed by atoms with van der Waals surface area (Å²) < 4.78 is 6.01. The average molecular weight is 420 g/mol. The second-order valence-corrected chi connectivity index (χ2v) is 7.07. The first kappa shape index (κ1) is 20.1. The zero-order valence-electron chi connectivity index (χ0n) is 16.7. The number of carbonyl (C=O) groups is 2. The van der Waals surface area contributed by atoms with Gasteiger partial charge < -0.3 is 15.0 Å². The molecule has 2 heterocycles. The van der Waals surface area contributed by atoms with Crippen molar-refractivity contribution in [1.82, 2.24) is 19.9 Å². The van der Waals surface area contributed by atoms with E-state index in [1.54, 1.807) is 30.5 Å². The van der Waals surface area contributed by atoms with Crippen molar-refractivity contribution in [1.29, 1.82) is 0 Å². The van der Waals surface area contributed by atoms with Crippen molar-refractivity contribution >= 4 is 33.7 Å². The van der Waals surface area contributed by atoms with Crippen LogP contribution < -0.4 is 16.6 Å². The van der Waals surface area contributed by atoms with Crippen molar-refractivity contribution in [3.8, 4) is 0 Å². The zero-order chi connectivity index (χ0) is 22.0. The number of methoxy groups -OCH3 is 1. The minimum absolute atomic E-state index is 0.212. The van der Waals surface area contributed by atoms with Crippen molar-refractivity contribution in [3.63, 3.8) is 0 Å². The molecule has 4 rings (SSSR count). The summed E-state index contributed by atoms with van der Waals surface area (Å²) in [5.74, 6) is -1.16. The number of aromatic nitrogens is 3. The summed E-state index contributed by atoms with van der Waals surface area (Å²) in [6, 6.07) is 13.2. The van der Waals surface area contributed by atoms with Crippen molar-refractivity contribution in [2.24, 2.45) is 0 Å². The molecule has 0 unspecified atom stereocenters. The molecule has 0 fully saturated rings. The first-order valence-corrected chi connectivity index (χ1v) is 9.62. The largest absolute Gasteiger partial charge is 0.467 e. The number of H-pyrrole nitrogens is 2. The first-order chi connectivity index (χ1) is 15.0. The third-order valence-electron chi connectivity index (χ3n) is 5.13. The molecular weight excluding hydrogens is 400 g/mol. The van der Waals surface area contributed by atoms with Crippen molar-refractivity contribution in [3.05, 3.63) is 81.1 Å². The summed E-state index contributed by atoms with van der Waals surface area (Å²) >= 11 is 0. The smallest absolute Gasteiger partial charge is 0.329 e. The lowest BCUT2D eigenvalue weighted by Crippen LogP contribution is -2.45. The number of aromatic amines is 2. The van der Waals surface area contributed by atoms with Crippen LogP contribution in [0.3, 0.4) is 0 Å². The van der Waals surface area contributed by atoms with E-state index >= 15 is 0 Å². The number of fused-ring (bicyclic) bond motifs is 2. The molecule has 0 radical (unpaired) electrons. The number of hydrogen-bond acceptors (Lipinski definition) is 5. The minimum atomic E-state index is -0.943. The van der Waals surface area contributed by atoms with E-state index in [4.69, 9.17) is 4.74 Å². The Hall–Kier alpha value is -4.14. The van der Waals surface area contributed by atoms with E-state index in [0.29, 0.717) is 10.9 Å². The molecule has 9 nitrogen and oxygen atoms in total. The number of hydrogen-bond donors (Lipinski definition) is 3. The summed E-state index contributed by atoms with van der Waals surface area (Å²) in [4.78, 5) is 54.7. The van der Waals surface area contributed by atoms with E-state index in [-0.39, 0.29) is 13.0 Å². The number of esters is 1. The highest BCUT2D eigenvalue weighted by molar-refractivity contribution is 5.88. The molecule has 31 heavy (non-hydrogen) atoms. The van der Waals surface area contributed by atoms with Gasteiger partial charge in [-0.3, -0.25) is 19.1 Å². The lowest BCUT2D eigenvalue weighted by molar-refractivity contribution is -0.145. The second kappa shape index (κ2) is 8.31. The van der Waals surface area contributed by atoms with Gasteiger partial charge in [0.25, 0.3) is 5.56 Å². The summed E-state index contributed by atoms with van der Waals surface area (Å²) in [7, 11) is 1.25. The molecule has 1 amide bonds. The molecule has 3 N–H and O–H groups in total. The monoisotopic (exact) mass is 420 g/mol. The summed E-state index contributed by atoms with van der Waals surface area (Å²) in [6.07, 6.45) is 2.00. The third-order valence-corrected chi connectivity index (χ3v) is 5.13. The molecule has 2 aromatic heterocycles. The van der Waals surface area contributed by atoms with E-state index in [9.17, 15) is 19.2 Å². The molecule has 4 aromatic rings. The standard InChI is InChI=1S/C22H20N4O5/c1-31-21(29)17(10-13-11-23-16-8-4-2-6-14(13)16)24-19(27)12-26-18-9-5-3-7-15(18)20(28)25-22(26)30/h2-9,11,17,23H,10,12H2,1H3,(H,24,27)(H,25,28,30)/t17-/m0/s1. The number of carbonyl (C=O) groups excluding carboxylic acids is 2. The second-order valence-electron chi connectivity index (χ2n) is 7.07. The maximum absolute atomic E-state index is 12.7. The van der Waals surface area contributed by atoms with Crippen molar-refractivity contribution in [2.45, 2.75) is 19.0 Å². The molecule has 0 aliphatic carbocycles. The van der Waals surface area contributed by atoms with Gasteiger partial charge in [0.05, 0.1) is 18.0 Å². The summed E-state index contributed by atoms with van der Waals surface area (Å²) in [5.41, 5.74) is 0.864. The fourth-order valence-electron chi connectivity index (χ4n) is 3.64. The summed E-state index contributed by atoms with van der Waals surface area (Å²) in [5, 5.41) is 3.88. The van der Waals surface area contributed by atoms with Gasteiger partial charge in [0.2, 0.25) is 5.91 Å². The normalized spacial score (nSPS) is 12.0. The van der Waals surface area contributed by atoms with Gasteiger partial charge in [-0.1, -0.05) is 30.3 Å². The lowest BCUT2D eigenvalue weighted by atomic mass is 10.0. The van der Waals surface area contributed by atoms with Crippen LogP contribution in [0.25, 0.3) is 21.8 Å². The predicted molar refractivity (Wildman–Crippen MR) is 115 cm³/mol. The maximum atomic E-state index is 12.7. The Morgan fingerprint density at radius 2 is 1.77 bits per heavy atom. The Balaban J connectivity index is 1.59. The van der Waals surface area contributed by atoms with Gasteiger partial charge in [-0.05, 0) is 23.8 Å². The van der Waals surface area contributed by atoms with Crippen LogP contribution in [0.2, 0.25) is 0 Å². The number of nitrogens with zero attached hydrogens (tertiary/aromatic N) is 1. The predicted octanol–water partition coefficient (Wildman–Crippen LogP) is 1.07. The molecule has 0 spiro atoms. The average Bonchev–Trinajstić information content (AvgIpc) is 3.18. The maximum Gasteiger partial charge on any atom is 0.329 e. The molecule has 2 aromatic carbocycles. The third kappa shape index (κ3) is 3.97. The molecule has 1 atom stereocenters. The number of ether oxygens (including phenoxy) is 1. The number of para-hydroxylation sites is 2. The van der Waals surface area contributed by atoms with Crippen LogP contribution >= 0.6 is 0 Å². The first-order valence-electron chi connectivity index (χ1n) is 9.62. The Morgan fingerprint density at radius 3 is 2.55 bits per heavy atom. The molecule has 0 saturated heterocycles. The Morgan fingerprint density at radius 1 is 1.06 bits per heavy atom. The van der Waals surface area contributed by atoms with E-state index in [1.807, 2.05) is 24.3 Å². The van der Waals surface area contributed by atoms with Crippen molar-refractivity contribution in [2.75, 3.05) is 7.11 Å². The Kier molecular flexibility index (Phi) is 5.40. The highest BCUT2D eigenvalue weighted by Gasteiger charge is 2.24. The molecule has 0 bridgehead atoms. The fraction of sp³-hybridized carbons (Fsp3) is 0.182. The number of benzene rings is 2.